The fraction of sp³-hybridized carbons (Fsp3) is 0.100. The second-order valence-electron chi connectivity index (χ2n) is 8.42. The number of nitriles is 1. The maximum atomic E-state index is 13.6. The van der Waals surface area contributed by atoms with Crippen LogP contribution in [0.3, 0.4) is 0 Å². The van der Waals surface area contributed by atoms with Gasteiger partial charge in [0, 0.05) is 5.56 Å². The van der Waals surface area contributed by atoms with Gasteiger partial charge in [-0.05, 0) is 46.5 Å². The van der Waals surface area contributed by atoms with Crippen molar-refractivity contribution in [3.8, 4) is 6.07 Å². The molecule has 1 fully saturated rings. The molecule has 0 saturated carbocycles. The lowest BCUT2D eigenvalue weighted by molar-refractivity contribution is -0.147. The molecule has 0 spiro atoms. The first-order chi connectivity index (χ1) is 16.7. The summed E-state index contributed by atoms with van der Waals surface area (Å²) >= 11 is 0. The minimum absolute atomic E-state index is 0.192. The molecule has 1 aliphatic heterocycles. The number of benzene rings is 4. The highest BCUT2D eigenvalue weighted by atomic mass is 16.2. The molecule has 0 aliphatic carbocycles. The molecular formula is C30H22N2O2. The van der Waals surface area contributed by atoms with E-state index in [0.717, 1.165) is 21.9 Å². The van der Waals surface area contributed by atoms with E-state index in [1.807, 2.05) is 91.0 Å². The molecule has 2 atom stereocenters. The number of hydrogen-bond donors (Lipinski definition) is 0. The normalized spacial score (nSPS) is 17.5. The summed E-state index contributed by atoms with van der Waals surface area (Å²) in [6.45, 7) is 0. The van der Waals surface area contributed by atoms with Crippen LogP contribution in [-0.2, 0) is 11.2 Å². The van der Waals surface area contributed by atoms with E-state index in [9.17, 15) is 14.9 Å². The summed E-state index contributed by atoms with van der Waals surface area (Å²) < 4.78 is 0. The molecule has 4 heteroatoms. The quantitative estimate of drug-likeness (QED) is 0.297. The zero-order chi connectivity index (χ0) is 23.5. The average Bonchev–Trinajstić information content (AvgIpc) is 2.89. The lowest BCUT2D eigenvalue weighted by Crippen LogP contribution is -2.62. The summed E-state index contributed by atoms with van der Waals surface area (Å²) in [5, 5.41) is 11.0. The number of nitrogens with zero attached hydrogens (tertiary/aromatic N) is 2. The number of rotatable bonds is 5. The van der Waals surface area contributed by atoms with Crippen molar-refractivity contribution in [1.82, 2.24) is 4.90 Å². The molecule has 1 saturated heterocycles. The maximum absolute atomic E-state index is 13.6. The first-order valence-electron chi connectivity index (χ1n) is 11.2. The van der Waals surface area contributed by atoms with Crippen molar-refractivity contribution in [3.05, 3.63) is 125 Å². The first-order valence-corrected chi connectivity index (χ1v) is 11.2. The molecule has 164 valence electrons. The van der Waals surface area contributed by atoms with E-state index in [-0.39, 0.29) is 23.8 Å². The van der Waals surface area contributed by atoms with Gasteiger partial charge in [0.15, 0.2) is 0 Å². The molecule has 1 heterocycles. The number of imide groups is 1. The number of β-lactam (4-membered cyclic amide) rings is 1. The van der Waals surface area contributed by atoms with Gasteiger partial charge in [0.1, 0.15) is 0 Å². The Balaban J connectivity index is 1.49. The molecule has 34 heavy (non-hydrogen) atoms. The van der Waals surface area contributed by atoms with Gasteiger partial charge < -0.3 is 0 Å². The van der Waals surface area contributed by atoms with Crippen molar-refractivity contribution in [3.63, 3.8) is 0 Å². The second-order valence-corrected chi connectivity index (χ2v) is 8.42. The summed E-state index contributed by atoms with van der Waals surface area (Å²) in [5.74, 6) is -0.845. The minimum Gasteiger partial charge on any atom is -0.274 e. The average molecular weight is 443 g/mol. The van der Waals surface area contributed by atoms with E-state index in [0.29, 0.717) is 17.5 Å². The van der Waals surface area contributed by atoms with Gasteiger partial charge in [-0.2, -0.15) is 5.26 Å². The lowest BCUT2D eigenvalue weighted by atomic mass is 9.81. The summed E-state index contributed by atoms with van der Waals surface area (Å²) in [7, 11) is 0. The molecule has 1 aliphatic rings. The maximum Gasteiger partial charge on any atom is 0.261 e. The van der Waals surface area contributed by atoms with Crippen LogP contribution in [0, 0.1) is 17.2 Å². The summed E-state index contributed by atoms with van der Waals surface area (Å²) in [6, 6.07) is 32.2. The molecular weight excluding hydrogens is 420 g/mol. The van der Waals surface area contributed by atoms with Crippen LogP contribution in [0.25, 0.3) is 16.8 Å². The largest absolute Gasteiger partial charge is 0.274 e. The predicted molar refractivity (Wildman–Crippen MR) is 133 cm³/mol. The van der Waals surface area contributed by atoms with Gasteiger partial charge in [-0.3, -0.25) is 14.5 Å². The van der Waals surface area contributed by atoms with Crippen LogP contribution in [0.2, 0.25) is 0 Å². The van der Waals surface area contributed by atoms with Gasteiger partial charge in [0.25, 0.3) is 5.91 Å². The van der Waals surface area contributed by atoms with E-state index >= 15 is 0 Å². The zero-order valence-corrected chi connectivity index (χ0v) is 18.5. The van der Waals surface area contributed by atoms with Crippen LogP contribution in [0.1, 0.15) is 27.0 Å². The fourth-order valence-electron chi connectivity index (χ4n) is 4.57. The van der Waals surface area contributed by atoms with E-state index in [1.54, 1.807) is 18.2 Å². The third kappa shape index (κ3) is 4.00. The minimum atomic E-state index is -0.370. The molecule has 0 unspecified atom stereocenters. The zero-order valence-electron chi connectivity index (χ0n) is 18.5. The molecule has 2 amide bonds. The molecule has 4 nitrogen and oxygen atoms in total. The Morgan fingerprint density at radius 2 is 1.65 bits per heavy atom. The first kappa shape index (κ1) is 21.4. The summed E-state index contributed by atoms with van der Waals surface area (Å²) in [6.07, 6.45) is 4.37. The summed E-state index contributed by atoms with van der Waals surface area (Å²) in [4.78, 5) is 28.3. The molecule has 0 bridgehead atoms. The van der Waals surface area contributed by atoms with Crippen molar-refractivity contribution >= 4 is 28.7 Å². The van der Waals surface area contributed by atoms with Crippen LogP contribution in [0.5, 0.6) is 0 Å². The topological polar surface area (TPSA) is 61.2 Å². The molecule has 0 N–H and O–H groups in total. The number of carbonyl (C=O) groups is 2. The van der Waals surface area contributed by atoms with E-state index in [4.69, 9.17) is 0 Å². The highest BCUT2D eigenvalue weighted by Gasteiger charge is 2.49. The van der Waals surface area contributed by atoms with Crippen LogP contribution >= 0.6 is 0 Å². The smallest absolute Gasteiger partial charge is 0.261 e. The third-order valence-electron chi connectivity index (χ3n) is 6.30. The van der Waals surface area contributed by atoms with Crippen LogP contribution < -0.4 is 0 Å². The highest BCUT2D eigenvalue weighted by Crippen LogP contribution is 2.34. The van der Waals surface area contributed by atoms with E-state index in [1.165, 1.54) is 4.90 Å². The van der Waals surface area contributed by atoms with Crippen molar-refractivity contribution < 1.29 is 9.59 Å². The van der Waals surface area contributed by atoms with Crippen LogP contribution in [-0.4, -0.2) is 22.8 Å². The van der Waals surface area contributed by atoms with E-state index < -0.39 is 0 Å². The Morgan fingerprint density at radius 1 is 0.912 bits per heavy atom. The van der Waals surface area contributed by atoms with Crippen molar-refractivity contribution in [2.75, 3.05) is 0 Å². The van der Waals surface area contributed by atoms with Gasteiger partial charge in [-0.1, -0.05) is 91.0 Å². The number of fused-ring (bicyclic) bond motifs is 1. The van der Waals surface area contributed by atoms with Crippen molar-refractivity contribution in [2.45, 2.75) is 12.5 Å². The van der Waals surface area contributed by atoms with Gasteiger partial charge in [0.05, 0.1) is 23.6 Å². The number of amides is 2. The van der Waals surface area contributed by atoms with E-state index in [2.05, 4.69) is 6.07 Å². The number of carbonyl (C=O) groups excluding carboxylic acids is 2. The molecule has 5 rings (SSSR count). The Kier molecular flexibility index (Phi) is 5.76. The number of likely N-dealkylation sites (tertiary alicyclic amines) is 1. The van der Waals surface area contributed by atoms with Gasteiger partial charge in [-0.25, -0.2) is 0 Å². The van der Waals surface area contributed by atoms with Gasteiger partial charge in [-0.15, -0.1) is 0 Å². The number of hydrogen-bond acceptors (Lipinski definition) is 3. The molecule has 4 aromatic rings. The van der Waals surface area contributed by atoms with Gasteiger partial charge in [0.2, 0.25) is 5.91 Å². The molecule has 0 aromatic heterocycles. The standard InChI is InChI=1S/C30H22N2O2/c31-20-23-11-6-10-22(18-23)19-27-28(17-16-21-8-2-1-3-9-21)32(30(27)34)29(33)26-15-7-13-24-12-4-5-14-25(24)26/h1-18,27-28H,19H2/b17-16+/t27-,28-/m1/s1. The molecule has 4 aromatic carbocycles. The Hall–Kier alpha value is -4.49. The second kappa shape index (κ2) is 9.17. The van der Waals surface area contributed by atoms with Gasteiger partial charge >= 0.3 is 0 Å². The fourth-order valence-corrected chi connectivity index (χ4v) is 4.57. The SMILES string of the molecule is N#Cc1cccc(C[C@H]2C(=O)N(C(=O)c3cccc4ccccc34)[C@@H]2/C=C/c2ccccc2)c1. The Labute approximate surface area is 198 Å². The van der Waals surface area contributed by atoms with Crippen molar-refractivity contribution in [1.29, 1.82) is 5.26 Å². The predicted octanol–water partition coefficient (Wildman–Crippen LogP) is 5.63. The Morgan fingerprint density at radius 3 is 2.47 bits per heavy atom. The highest BCUT2D eigenvalue weighted by molar-refractivity contribution is 6.15. The third-order valence-corrected chi connectivity index (χ3v) is 6.30. The van der Waals surface area contributed by atoms with Crippen LogP contribution in [0.15, 0.2) is 103 Å². The monoisotopic (exact) mass is 442 g/mol. The molecule has 0 radical (unpaired) electrons. The van der Waals surface area contributed by atoms with Crippen molar-refractivity contribution in [2.24, 2.45) is 5.92 Å². The Bertz CT molecular complexity index is 1440. The lowest BCUT2D eigenvalue weighted by Gasteiger charge is -2.44. The summed E-state index contributed by atoms with van der Waals surface area (Å²) in [5.41, 5.74) is 3.00. The van der Waals surface area contributed by atoms with Crippen LogP contribution in [0.4, 0.5) is 0 Å².